The zero-order valence-corrected chi connectivity index (χ0v) is 15.4. The lowest BCUT2D eigenvalue weighted by Gasteiger charge is -2.29. The van der Waals surface area contributed by atoms with Crippen LogP contribution in [0, 0.1) is 6.92 Å². The highest BCUT2D eigenvalue weighted by atomic mass is 32.2. The Kier molecular flexibility index (Phi) is 4.92. The predicted octanol–water partition coefficient (Wildman–Crippen LogP) is 1.38. The Labute approximate surface area is 146 Å². The highest BCUT2D eigenvalue weighted by Crippen LogP contribution is 2.25. The van der Waals surface area contributed by atoms with Gasteiger partial charge in [0.1, 0.15) is 0 Å². The van der Waals surface area contributed by atoms with Crippen LogP contribution in [-0.4, -0.2) is 44.5 Å². The van der Waals surface area contributed by atoms with Crippen molar-refractivity contribution in [2.75, 3.05) is 19.4 Å². The van der Waals surface area contributed by atoms with Gasteiger partial charge in [0.25, 0.3) is 5.79 Å². The molecule has 0 atom stereocenters. The summed E-state index contributed by atoms with van der Waals surface area (Å²) in [7, 11) is -0.747. The van der Waals surface area contributed by atoms with Gasteiger partial charge >= 0.3 is 11.9 Å². The van der Waals surface area contributed by atoms with Gasteiger partial charge in [-0.25, -0.2) is 22.3 Å². The number of carbonyl (C=O) groups is 2. The van der Waals surface area contributed by atoms with E-state index in [2.05, 4.69) is 5.32 Å². The Hall–Kier alpha value is -2.39. The fourth-order valence-electron chi connectivity index (χ4n) is 2.10. The van der Waals surface area contributed by atoms with E-state index in [9.17, 15) is 18.0 Å². The van der Waals surface area contributed by atoms with Gasteiger partial charge in [-0.05, 0) is 24.6 Å². The van der Waals surface area contributed by atoms with E-state index in [1.165, 1.54) is 34.0 Å². The number of hydrogen-bond donors (Lipinski definition) is 1. The van der Waals surface area contributed by atoms with E-state index in [-0.39, 0.29) is 10.5 Å². The fourth-order valence-corrected chi connectivity index (χ4v) is 3.24. The summed E-state index contributed by atoms with van der Waals surface area (Å²) in [6.45, 7) is 4.58. The molecule has 1 N–H and O–H groups in total. The first-order valence-corrected chi connectivity index (χ1v) is 8.84. The third kappa shape index (κ3) is 3.99. The van der Waals surface area contributed by atoms with Gasteiger partial charge in [0.05, 0.1) is 4.90 Å². The van der Waals surface area contributed by atoms with Gasteiger partial charge in [0, 0.05) is 39.8 Å². The quantitative estimate of drug-likeness (QED) is 0.486. The van der Waals surface area contributed by atoms with Crippen molar-refractivity contribution in [2.45, 2.75) is 31.5 Å². The number of esters is 2. The molecule has 1 aliphatic rings. The van der Waals surface area contributed by atoms with Crippen molar-refractivity contribution in [2.24, 2.45) is 0 Å². The summed E-state index contributed by atoms with van der Waals surface area (Å²) in [5, 5.41) is 2.73. The van der Waals surface area contributed by atoms with Gasteiger partial charge in [-0.2, -0.15) is 0 Å². The zero-order chi connectivity index (χ0) is 19.0. The van der Waals surface area contributed by atoms with E-state index in [4.69, 9.17) is 9.47 Å². The third-order valence-corrected chi connectivity index (χ3v) is 5.40. The summed E-state index contributed by atoms with van der Waals surface area (Å²) in [6, 6.07) is 4.67. The zero-order valence-electron chi connectivity index (χ0n) is 14.6. The van der Waals surface area contributed by atoms with E-state index in [0.29, 0.717) is 11.3 Å². The molecule has 1 aromatic carbocycles. The summed E-state index contributed by atoms with van der Waals surface area (Å²) < 4.78 is 35.7. The van der Waals surface area contributed by atoms with Crippen molar-refractivity contribution in [3.05, 3.63) is 35.5 Å². The monoisotopic (exact) mass is 368 g/mol. The van der Waals surface area contributed by atoms with E-state index in [1.807, 2.05) is 0 Å². The number of nitrogens with zero attached hydrogens (tertiary/aromatic N) is 1. The highest BCUT2D eigenvalue weighted by Gasteiger charge is 2.38. The minimum absolute atomic E-state index is 0.121. The van der Waals surface area contributed by atoms with Gasteiger partial charge in [0.15, 0.2) is 5.57 Å². The Morgan fingerprint density at radius 3 is 2.20 bits per heavy atom. The third-order valence-electron chi connectivity index (χ3n) is 3.45. The average molecular weight is 368 g/mol. The van der Waals surface area contributed by atoms with E-state index < -0.39 is 27.7 Å². The SMILES string of the molecule is Cc1ccc(NC=C2C(=O)OC(C)(C)OC2=O)cc1S(=O)(=O)N(C)C. The molecular weight excluding hydrogens is 348 g/mol. The van der Waals surface area contributed by atoms with E-state index in [1.54, 1.807) is 19.1 Å². The van der Waals surface area contributed by atoms with Gasteiger partial charge in [-0.3, -0.25) is 0 Å². The molecule has 9 heteroatoms. The minimum Gasteiger partial charge on any atom is -0.419 e. The summed E-state index contributed by atoms with van der Waals surface area (Å²) in [4.78, 5) is 23.9. The summed E-state index contributed by atoms with van der Waals surface area (Å²) in [5.41, 5.74) is 0.658. The predicted molar refractivity (Wildman–Crippen MR) is 90.0 cm³/mol. The molecule has 1 saturated heterocycles. The van der Waals surface area contributed by atoms with Crippen molar-refractivity contribution in [3.63, 3.8) is 0 Å². The topological polar surface area (TPSA) is 102 Å². The lowest BCUT2D eigenvalue weighted by Crippen LogP contribution is -2.42. The summed E-state index contributed by atoms with van der Waals surface area (Å²) >= 11 is 0. The molecule has 8 nitrogen and oxygen atoms in total. The number of anilines is 1. The van der Waals surface area contributed by atoms with Crippen LogP contribution in [0.3, 0.4) is 0 Å². The Morgan fingerprint density at radius 1 is 1.12 bits per heavy atom. The Morgan fingerprint density at radius 2 is 1.68 bits per heavy atom. The average Bonchev–Trinajstić information content (AvgIpc) is 2.46. The molecule has 0 saturated carbocycles. The first-order chi connectivity index (χ1) is 11.4. The second kappa shape index (κ2) is 6.49. The number of hydrogen-bond acceptors (Lipinski definition) is 7. The Bertz CT molecular complexity index is 833. The molecule has 0 aliphatic carbocycles. The number of sulfonamides is 1. The standard InChI is InChI=1S/C16H20N2O6S/c1-10-6-7-11(8-13(10)25(21,22)18(4)5)17-9-12-14(19)23-16(2,3)24-15(12)20/h6-9,17H,1-5H3. The Balaban J connectivity index is 2.31. The maximum Gasteiger partial charge on any atom is 0.350 e. The van der Waals surface area contributed by atoms with Crippen LogP contribution in [0.1, 0.15) is 19.4 Å². The number of ether oxygens (including phenoxy) is 2. The van der Waals surface area contributed by atoms with Crippen molar-refractivity contribution in [1.82, 2.24) is 4.31 Å². The minimum atomic E-state index is -3.62. The van der Waals surface area contributed by atoms with Crippen LogP contribution in [0.15, 0.2) is 34.9 Å². The number of cyclic esters (lactones) is 2. The normalized spacial score (nSPS) is 17.1. The van der Waals surface area contributed by atoms with Crippen LogP contribution >= 0.6 is 0 Å². The largest absolute Gasteiger partial charge is 0.419 e. The van der Waals surface area contributed by atoms with Gasteiger partial charge < -0.3 is 14.8 Å². The van der Waals surface area contributed by atoms with Crippen LogP contribution < -0.4 is 5.32 Å². The number of aryl methyl sites for hydroxylation is 1. The summed E-state index contributed by atoms with van der Waals surface area (Å²) in [5.74, 6) is -2.95. The molecule has 0 amide bonds. The lowest BCUT2D eigenvalue weighted by atomic mass is 10.2. The van der Waals surface area contributed by atoms with Crippen LogP contribution in [0.25, 0.3) is 0 Å². The summed E-state index contributed by atoms with van der Waals surface area (Å²) in [6.07, 6.45) is 1.14. The second-order valence-electron chi connectivity index (χ2n) is 6.15. The number of nitrogens with one attached hydrogen (secondary N) is 1. The lowest BCUT2D eigenvalue weighted by molar-refractivity contribution is -0.222. The van der Waals surface area contributed by atoms with Crippen LogP contribution in [0.5, 0.6) is 0 Å². The number of carbonyl (C=O) groups excluding carboxylic acids is 2. The molecule has 0 unspecified atom stereocenters. The maximum absolute atomic E-state index is 12.3. The fraction of sp³-hybridized carbons (Fsp3) is 0.375. The molecule has 136 valence electrons. The second-order valence-corrected chi connectivity index (χ2v) is 8.27. The molecular formula is C16H20N2O6S. The van der Waals surface area contributed by atoms with Gasteiger partial charge in [0.2, 0.25) is 10.0 Å². The van der Waals surface area contributed by atoms with Gasteiger partial charge in [-0.15, -0.1) is 0 Å². The van der Waals surface area contributed by atoms with Crippen molar-refractivity contribution >= 4 is 27.6 Å². The van der Waals surface area contributed by atoms with E-state index in [0.717, 1.165) is 10.5 Å². The van der Waals surface area contributed by atoms with Crippen LogP contribution in [-0.2, 0) is 29.1 Å². The van der Waals surface area contributed by atoms with Gasteiger partial charge in [-0.1, -0.05) is 6.07 Å². The molecule has 0 bridgehead atoms. The molecule has 1 aromatic rings. The smallest absolute Gasteiger partial charge is 0.350 e. The van der Waals surface area contributed by atoms with Crippen molar-refractivity contribution in [1.29, 1.82) is 0 Å². The molecule has 0 spiro atoms. The number of rotatable bonds is 4. The molecule has 1 heterocycles. The van der Waals surface area contributed by atoms with Crippen molar-refractivity contribution < 1.29 is 27.5 Å². The highest BCUT2D eigenvalue weighted by molar-refractivity contribution is 7.89. The van der Waals surface area contributed by atoms with Crippen molar-refractivity contribution in [3.8, 4) is 0 Å². The molecule has 25 heavy (non-hydrogen) atoms. The molecule has 0 aromatic heterocycles. The molecule has 2 rings (SSSR count). The maximum atomic E-state index is 12.3. The molecule has 1 fully saturated rings. The molecule has 0 radical (unpaired) electrons. The van der Waals surface area contributed by atoms with Crippen LogP contribution in [0.4, 0.5) is 5.69 Å². The number of benzene rings is 1. The van der Waals surface area contributed by atoms with Crippen LogP contribution in [0.2, 0.25) is 0 Å². The molecule has 1 aliphatic heterocycles. The van der Waals surface area contributed by atoms with E-state index >= 15 is 0 Å². The first-order valence-electron chi connectivity index (χ1n) is 7.40. The first kappa shape index (κ1) is 18.9.